The van der Waals surface area contributed by atoms with Gasteiger partial charge in [0.15, 0.2) is 0 Å². The maximum Gasteiger partial charge on any atom is 0.129 e. The van der Waals surface area contributed by atoms with E-state index in [0.717, 1.165) is 31.7 Å². The molecule has 0 saturated carbocycles. The smallest absolute Gasteiger partial charge is 0.129 e. The van der Waals surface area contributed by atoms with Crippen molar-refractivity contribution in [3.63, 3.8) is 0 Å². The van der Waals surface area contributed by atoms with Gasteiger partial charge in [-0.05, 0) is 42.5 Å². The minimum atomic E-state index is -0.0401. The molecule has 25 heavy (non-hydrogen) atoms. The molecule has 2 aromatic heterocycles. The molecule has 0 bridgehead atoms. The molecular weight excluding hydrogens is 312 g/mol. The largest absolute Gasteiger partial charge is 0.462 e. The predicted molar refractivity (Wildman–Crippen MR) is 99.2 cm³/mol. The number of fused-ring (bicyclic) bond motifs is 3. The highest BCUT2D eigenvalue weighted by Crippen LogP contribution is 2.38. The number of hydrogen-bond donors (Lipinski definition) is 2. The second kappa shape index (κ2) is 6.70. The number of furan rings is 1. The minimum absolute atomic E-state index is 0.0401. The number of nitrogens with one attached hydrogen (secondary N) is 1. The van der Waals surface area contributed by atoms with E-state index in [1.807, 2.05) is 12.1 Å². The lowest BCUT2D eigenvalue weighted by molar-refractivity contribution is 0.138. The lowest BCUT2D eigenvalue weighted by Gasteiger charge is -2.36. The summed E-state index contributed by atoms with van der Waals surface area (Å²) < 4.78 is 5.73. The van der Waals surface area contributed by atoms with Crippen LogP contribution in [0.5, 0.6) is 0 Å². The Balaban J connectivity index is 1.68. The summed E-state index contributed by atoms with van der Waals surface area (Å²) in [5.74, 6) is 2.19. The number of aliphatic hydroxyl groups is 1. The lowest BCUT2D eigenvalue weighted by Crippen LogP contribution is -2.35. The van der Waals surface area contributed by atoms with E-state index in [4.69, 9.17) is 4.42 Å². The molecule has 3 heterocycles. The number of aliphatic hydroxyl groups excluding tert-OH is 1. The molecule has 0 aliphatic carbocycles. The van der Waals surface area contributed by atoms with Crippen molar-refractivity contribution in [3.05, 3.63) is 59.2 Å². The maximum atomic E-state index is 9.23. The van der Waals surface area contributed by atoms with E-state index >= 15 is 0 Å². The third-order valence-electron chi connectivity index (χ3n) is 5.20. The van der Waals surface area contributed by atoms with E-state index in [1.165, 1.54) is 22.2 Å². The van der Waals surface area contributed by atoms with Crippen molar-refractivity contribution >= 4 is 10.9 Å². The summed E-state index contributed by atoms with van der Waals surface area (Å²) in [7, 11) is 0. The SMILES string of the molecule is CC(C)C[C@H]1c2[nH]c3ccccc3c2CCN1Cc1ccc(CO)o1. The quantitative estimate of drug-likeness (QED) is 0.725. The van der Waals surface area contributed by atoms with Crippen LogP contribution >= 0.6 is 0 Å². The Kier molecular flexibility index (Phi) is 4.40. The molecule has 1 aliphatic rings. The number of rotatable bonds is 5. The van der Waals surface area contributed by atoms with E-state index < -0.39 is 0 Å². The second-order valence-electron chi connectivity index (χ2n) is 7.45. The van der Waals surface area contributed by atoms with Crippen LogP contribution in [0, 0.1) is 5.92 Å². The number of benzene rings is 1. The molecule has 4 rings (SSSR count). The predicted octanol–water partition coefficient (Wildman–Crippen LogP) is 4.40. The summed E-state index contributed by atoms with van der Waals surface area (Å²) in [4.78, 5) is 6.20. The van der Waals surface area contributed by atoms with Crippen LogP contribution in [-0.4, -0.2) is 21.5 Å². The number of hydrogen-bond acceptors (Lipinski definition) is 3. The topological polar surface area (TPSA) is 52.4 Å². The van der Waals surface area contributed by atoms with Gasteiger partial charge >= 0.3 is 0 Å². The van der Waals surface area contributed by atoms with Gasteiger partial charge in [0.05, 0.1) is 12.6 Å². The van der Waals surface area contributed by atoms with Crippen LogP contribution in [-0.2, 0) is 19.6 Å². The molecule has 0 fully saturated rings. The van der Waals surface area contributed by atoms with Crippen LogP contribution in [0.25, 0.3) is 10.9 Å². The van der Waals surface area contributed by atoms with Crippen LogP contribution in [0.1, 0.15) is 49.1 Å². The van der Waals surface area contributed by atoms with Crippen molar-refractivity contribution < 1.29 is 9.52 Å². The zero-order valence-electron chi connectivity index (χ0n) is 15.0. The van der Waals surface area contributed by atoms with Crippen molar-refractivity contribution in [2.24, 2.45) is 5.92 Å². The van der Waals surface area contributed by atoms with Gasteiger partial charge in [0.2, 0.25) is 0 Å². The van der Waals surface area contributed by atoms with Crippen LogP contribution in [0.3, 0.4) is 0 Å². The summed E-state index contributed by atoms with van der Waals surface area (Å²) in [6, 6.07) is 12.8. The molecule has 0 spiro atoms. The number of para-hydroxylation sites is 1. The average Bonchev–Trinajstić information content (AvgIpc) is 3.21. The fourth-order valence-corrected chi connectivity index (χ4v) is 4.06. The number of H-pyrrole nitrogens is 1. The van der Waals surface area contributed by atoms with Gasteiger partial charge in [-0.25, -0.2) is 0 Å². The van der Waals surface area contributed by atoms with Gasteiger partial charge in [0.25, 0.3) is 0 Å². The summed E-state index contributed by atoms with van der Waals surface area (Å²) in [5, 5.41) is 10.6. The molecular formula is C21H26N2O2. The number of nitrogens with zero attached hydrogens (tertiary/aromatic N) is 1. The van der Waals surface area contributed by atoms with E-state index in [0.29, 0.717) is 17.7 Å². The highest BCUT2D eigenvalue weighted by Gasteiger charge is 2.31. The molecule has 1 aliphatic heterocycles. The van der Waals surface area contributed by atoms with Crippen molar-refractivity contribution in [3.8, 4) is 0 Å². The third-order valence-corrected chi connectivity index (χ3v) is 5.20. The first-order valence-electron chi connectivity index (χ1n) is 9.17. The Labute approximate surface area is 148 Å². The average molecular weight is 338 g/mol. The first-order valence-corrected chi connectivity index (χ1v) is 9.17. The van der Waals surface area contributed by atoms with Gasteiger partial charge in [-0.15, -0.1) is 0 Å². The van der Waals surface area contributed by atoms with Gasteiger partial charge in [0, 0.05) is 23.1 Å². The zero-order valence-corrected chi connectivity index (χ0v) is 15.0. The Morgan fingerprint density at radius 1 is 1.20 bits per heavy atom. The Hall–Kier alpha value is -2.04. The van der Waals surface area contributed by atoms with Crippen LogP contribution < -0.4 is 0 Å². The monoisotopic (exact) mass is 338 g/mol. The standard InChI is InChI=1S/C21H26N2O2/c1-14(2)11-20-21-18(17-5-3-4-6-19(17)22-21)9-10-23(20)12-15-7-8-16(13-24)25-15/h3-8,14,20,22,24H,9-13H2,1-2H3/t20-/m0/s1. The van der Waals surface area contributed by atoms with Gasteiger partial charge in [-0.1, -0.05) is 32.0 Å². The van der Waals surface area contributed by atoms with E-state index in [1.54, 1.807) is 0 Å². The molecule has 0 unspecified atom stereocenters. The molecule has 3 aromatic rings. The summed E-state index contributed by atoms with van der Waals surface area (Å²) in [5.41, 5.74) is 4.09. The Morgan fingerprint density at radius 2 is 2.00 bits per heavy atom. The summed E-state index contributed by atoms with van der Waals surface area (Å²) in [6.45, 7) is 6.34. The molecule has 1 aromatic carbocycles. The molecule has 0 saturated heterocycles. The molecule has 4 heteroatoms. The minimum Gasteiger partial charge on any atom is -0.462 e. The zero-order chi connectivity index (χ0) is 17.4. The molecule has 0 radical (unpaired) electrons. The normalized spacial score (nSPS) is 18.2. The van der Waals surface area contributed by atoms with Crippen molar-refractivity contribution in [2.45, 2.75) is 45.9 Å². The lowest BCUT2D eigenvalue weighted by atomic mass is 9.91. The van der Waals surface area contributed by atoms with Crippen molar-refractivity contribution in [1.82, 2.24) is 9.88 Å². The van der Waals surface area contributed by atoms with E-state index in [-0.39, 0.29) is 6.61 Å². The molecule has 0 amide bonds. The highest BCUT2D eigenvalue weighted by molar-refractivity contribution is 5.85. The number of aromatic nitrogens is 1. The second-order valence-corrected chi connectivity index (χ2v) is 7.45. The Morgan fingerprint density at radius 3 is 2.76 bits per heavy atom. The molecule has 1 atom stereocenters. The van der Waals surface area contributed by atoms with Crippen molar-refractivity contribution in [1.29, 1.82) is 0 Å². The van der Waals surface area contributed by atoms with Crippen LogP contribution in [0.2, 0.25) is 0 Å². The Bertz CT molecular complexity index is 862. The van der Waals surface area contributed by atoms with Crippen molar-refractivity contribution in [2.75, 3.05) is 6.54 Å². The third kappa shape index (κ3) is 3.12. The first-order chi connectivity index (χ1) is 12.2. The first kappa shape index (κ1) is 16.4. The van der Waals surface area contributed by atoms with E-state index in [2.05, 4.69) is 48.0 Å². The van der Waals surface area contributed by atoms with Gasteiger partial charge in [0.1, 0.15) is 18.1 Å². The fourth-order valence-electron chi connectivity index (χ4n) is 4.06. The number of aromatic amines is 1. The van der Waals surface area contributed by atoms with Gasteiger partial charge in [-0.2, -0.15) is 0 Å². The van der Waals surface area contributed by atoms with Gasteiger partial charge in [-0.3, -0.25) is 4.90 Å². The summed E-state index contributed by atoms with van der Waals surface area (Å²) >= 11 is 0. The van der Waals surface area contributed by atoms with E-state index in [9.17, 15) is 5.11 Å². The molecule has 4 nitrogen and oxygen atoms in total. The fraction of sp³-hybridized carbons (Fsp3) is 0.429. The van der Waals surface area contributed by atoms with Crippen LogP contribution in [0.4, 0.5) is 0 Å². The molecule has 2 N–H and O–H groups in total. The molecule has 132 valence electrons. The summed E-state index contributed by atoms with van der Waals surface area (Å²) in [6.07, 6.45) is 2.18. The highest BCUT2D eigenvalue weighted by atomic mass is 16.4. The maximum absolute atomic E-state index is 9.23. The van der Waals surface area contributed by atoms with Gasteiger partial charge < -0.3 is 14.5 Å². The van der Waals surface area contributed by atoms with Crippen LogP contribution in [0.15, 0.2) is 40.8 Å².